The summed E-state index contributed by atoms with van der Waals surface area (Å²) < 4.78 is 33.6. The minimum Gasteiger partial charge on any atom is -0.398 e. The van der Waals surface area contributed by atoms with E-state index in [2.05, 4.69) is 0 Å². The molecule has 0 radical (unpaired) electrons. The normalized spacial score (nSPS) is 13.5. The molecular weight excluding hydrogens is 282 g/mol. The molecule has 0 spiro atoms. The smallest absolute Gasteiger partial charge is 0.147 e. The van der Waals surface area contributed by atoms with Crippen molar-refractivity contribution in [3.63, 3.8) is 0 Å². The molecule has 0 aliphatic rings. The van der Waals surface area contributed by atoms with Gasteiger partial charge in [-0.2, -0.15) is 0 Å². The van der Waals surface area contributed by atoms with E-state index in [9.17, 15) is 12.6 Å². The first-order valence-electron chi connectivity index (χ1n) is 4.91. The molecule has 7 heteroatoms. The molecule has 0 bridgehead atoms. The van der Waals surface area contributed by atoms with Crippen molar-refractivity contribution < 1.29 is 12.6 Å². The lowest BCUT2D eigenvalue weighted by Gasteiger charge is -2.04. The number of halogens is 1. The van der Waals surface area contributed by atoms with Crippen LogP contribution in [-0.2, 0) is 20.6 Å². The van der Waals surface area contributed by atoms with Crippen LogP contribution in [0, 0.1) is 0 Å². The summed E-state index contributed by atoms with van der Waals surface area (Å²) in [4.78, 5) is 0.567. The lowest BCUT2D eigenvalue weighted by atomic mass is 10.3. The molecule has 0 aliphatic carbocycles. The summed E-state index contributed by atoms with van der Waals surface area (Å²) in [7, 11) is -4.24. The van der Waals surface area contributed by atoms with Gasteiger partial charge >= 0.3 is 0 Å². The average Bonchev–Trinajstić information content (AvgIpc) is 2.20. The Morgan fingerprint density at radius 2 is 2.06 bits per heavy atom. The summed E-state index contributed by atoms with van der Waals surface area (Å²) >= 11 is 5.81. The first-order valence-corrected chi connectivity index (χ1v) is 8.66. The van der Waals surface area contributed by atoms with Gasteiger partial charge in [-0.1, -0.05) is 11.6 Å². The van der Waals surface area contributed by atoms with Crippen molar-refractivity contribution in [1.82, 2.24) is 0 Å². The van der Waals surface area contributed by atoms with Crippen molar-refractivity contribution in [2.75, 3.05) is 23.5 Å². The zero-order valence-electron chi connectivity index (χ0n) is 9.35. The zero-order valence-corrected chi connectivity index (χ0v) is 11.7. The Bertz CT molecular complexity index is 528. The molecule has 1 unspecified atom stereocenters. The van der Waals surface area contributed by atoms with E-state index >= 15 is 0 Å². The van der Waals surface area contributed by atoms with Crippen molar-refractivity contribution in [3.8, 4) is 0 Å². The largest absolute Gasteiger partial charge is 0.398 e. The number of benzene rings is 1. The zero-order chi connectivity index (χ0) is 13.1. The highest BCUT2D eigenvalue weighted by atomic mass is 35.5. The van der Waals surface area contributed by atoms with Crippen molar-refractivity contribution in [2.45, 2.75) is 11.3 Å². The molecule has 1 aromatic carbocycles. The third kappa shape index (κ3) is 5.06. The van der Waals surface area contributed by atoms with E-state index in [1.807, 2.05) is 0 Å². The molecule has 0 amide bonds. The molecular formula is C10H14ClNO3S2. The van der Waals surface area contributed by atoms with E-state index < -0.39 is 20.6 Å². The third-order valence-electron chi connectivity index (χ3n) is 2.08. The van der Waals surface area contributed by atoms with E-state index in [0.29, 0.717) is 27.8 Å². The van der Waals surface area contributed by atoms with Crippen molar-refractivity contribution in [2.24, 2.45) is 0 Å². The van der Waals surface area contributed by atoms with Crippen LogP contribution in [0.3, 0.4) is 0 Å². The summed E-state index contributed by atoms with van der Waals surface area (Å²) in [5.41, 5.74) is 5.97. The van der Waals surface area contributed by atoms with Crippen molar-refractivity contribution in [3.05, 3.63) is 23.2 Å². The molecule has 0 saturated carbocycles. The number of rotatable bonds is 5. The molecule has 4 nitrogen and oxygen atoms in total. The molecule has 1 atom stereocenters. The Kier molecular flexibility index (Phi) is 4.97. The second-order valence-electron chi connectivity index (χ2n) is 3.72. The molecule has 0 aromatic heterocycles. The first-order chi connectivity index (χ1) is 7.79. The molecule has 96 valence electrons. The summed E-state index contributed by atoms with van der Waals surface area (Å²) in [5.74, 6) is 0.342. The Labute approximate surface area is 109 Å². The molecule has 0 fully saturated rings. The number of hydrogen-bond acceptors (Lipinski definition) is 4. The first kappa shape index (κ1) is 14.5. The highest BCUT2D eigenvalue weighted by Gasteiger charge is 2.08. The maximum atomic E-state index is 11.8. The topological polar surface area (TPSA) is 77.2 Å². The van der Waals surface area contributed by atoms with E-state index in [4.69, 9.17) is 17.3 Å². The van der Waals surface area contributed by atoms with Crippen molar-refractivity contribution >= 4 is 37.9 Å². The summed E-state index contributed by atoms with van der Waals surface area (Å²) in [6, 6.07) is 4.78. The predicted molar refractivity (Wildman–Crippen MR) is 71.5 cm³/mol. The number of sulfone groups is 1. The van der Waals surface area contributed by atoms with Crippen LogP contribution in [0.2, 0.25) is 5.02 Å². The Balaban J connectivity index is 2.61. The summed E-state index contributed by atoms with van der Waals surface area (Å²) in [6.07, 6.45) is 1.53. The standard InChI is InChI=1S/C10H14ClNO3S2/c1-17(14,15)6-2-5-16(13)8-3-4-10(12)9(11)7-8/h3-4,7H,2,5-6,12H2,1H3. The molecule has 1 rings (SSSR count). The van der Waals surface area contributed by atoms with Gasteiger partial charge in [-0.15, -0.1) is 0 Å². The van der Waals surface area contributed by atoms with Gasteiger partial charge in [0.1, 0.15) is 9.84 Å². The van der Waals surface area contributed by atoms with Crippen LogP contribution in [0.5, 0.6) is 0 Å². The van der Waals surface area contributed by atoms with E-state index in [0.717, 1.165) is 6.26 Å². The number of nitrogen functional groups attached to an aromatic ring is 1. The van der Waals surface area contributed by atoms with E-state index in [-0.39, 0.29) is 5.75 Å². The highest BCUT2D eigenvalue weighted by molar-refractivity contribution is 7.90. The molecule has 2 N–H and O–H groups in total. The quantitative estimate of drug-likeness (QED) is 0.834. The summed E-state index contributed by atoms with van der Waals surface area (Å²) in [5, 5.41) is 0.360. The maximum absolute atomic E-state index is 11.8. The Hall–Kier alpha value is -0.590. The minimum atomic E-state index is -3.00. The Morgan fingerprint density at radius 3 is 2.59 bits per heavy atom. The predicted octanol–water partition coefficient (Wildman–Crippen LogP) is 1.46. The number of nitrogens with two attached hydrogens (primary N) is 1. The molecule has 0 saturated heterocycles. The average molecular weight is 296 g/mol. The van der Waals surface area contributed by atoms with Crippen LogP contribution in [-0.4, -0.2) is 30.4 Å². The van der Waals surface area contributed by atoms with Gasteiger partial charge in [-0.3, -0.25) is 4.21 Å². The number of hydrogen-bond donors (Lipinski definition) is 1. The van der Waals surface area contributed by atoms with Gasteiger partial charge in [0.05, 0.1) is 27.3 Å². The van der Waals surface area contributed by atoms with Crippen LogP contribution in [0.15, 0.2) is 23.1 Å². The third-order valence-corrected chi connectivity index (χ3v) is 4.88. The lowest BCUT2D eigenvalue weighted by Crippen LogP contribution is -2.08. The fraction of sp³-hybridized carbons (Fsp3) is 0.400. The minimum absolute atomic E-state index is 0.0431. The molecule has 1 aromatic rings. The van der Waals surface area contributed by atoms with Gasteiger partial charge < -0.3 is 5.73 Å². The SMILES string of the molecule is CS(=O)(=O)CCCS(=O)c1ccc(N)c(Cl)c1. The maximum Gasteiger partial charge on any atom is 0.147 e. The fourth-order valence-electron chi connectivity index (χ4n) is 1.22. The summed E-state index contributed by atoms with van der Waals surface area (Å²) in [6.45, 7) is 0. The van der Waals surface area contributed by atoms with Gasteiger partial charge in [0.25, 0.3) is 0 Å². The van der Waals surface area contributed by atoms with Crippen molar-refractivity contribution in [1.29, 1.82) is 0 Å². The van der Waals surface area contributed by atoms with Gasteiger partial charge in [0.15, 0.2) is 0 Å². The van der Waals surface area contributed by atoms with E-state index in [1.54, 1.807) is 18.2 Å². The second-order valence-corrected chi connectivity index (χ2v) is 7.95. The molecule has 0 aliphatic heterocycles. The van der Waals surface area contributed by atoms with E-state index in [1.165, 1.54) is 0 Å². The molecule has 17 heavy (non-hydrogen) atoms. The Morgan fingerprint density at radius 1 is 1.41 bits per heavy atom. The van der Waals surface area contributed by atoms with Crippen LogP contribution >= 0.6 is 11.6 Å². The van der Waals surface area contributed by atoms with Gasteiger partial charge in [0.2, 0.25) is 0 Å². The monoisotopic (exact) mass is 295 g/mol. The number of anilines is 1. The molecule has 0 heterocycles. The van der Waals surface area contributed by atoms with Crippen LogP contribution < -0.4 is 5.73 Å². The lowest BCUT2D eigenvalue weighted by molar-refractivity contribution is 0.600. The highest BCUT2D eigenvalue weighted by Crippen LogP contribution is 2.21. The van der Waals surface area contributed by atoms with Crippen LogP contribution in [0.4, 0.5) is 5.69 Å². The van der Waals surface area contributed by atoms with Gasteiger partial charge in [-0.25, -0.2) is 8.42 Å². The van der Waals surface area contributed by atoms with Gasteiger partial charge in [-0.05, 0) is 24.6 Å². The van der Waals surface area contributed by atoms with Crippen LogP contribution in [0.1, 0.15) is 6.42 Å². The second kappa shape index (κ2) is 5.84. The van der Waals surface area contributed by atoms with Crippen LogP contribution in [0.25, 0.3) is 0 Å². The fourth-order valence-corrected chi connectivity index (χ4v) is 3.43. The van der Waals surface area contributed by atoms with Gasteiger partial charge in [0, 0.05) is 16.9 Å².